The highest BCUT2D eigenvalue weighted by Gasteiger charge is 2.18. The van der Waals surface area contributed by atoms with E-state index in [9.17, 15) is 4.79 Å². The van der Waals surface area contributed by atoms with Crippen molar-refractivity contribution < 1.29 is 4.79 Å². The summed E-state index contributed by atoms with van der Waals surface area (Å²) in [5.74, 6) is 0.563. The van der Waals surface area contributed by atoms with Crippen LogP contribution in [0.2, 0.25) is 0 Å². The zero-order valence-corrected chi connectivity index (χ0v) is 15.4. The summed E-state index contributed by atoms with van der Waals surface area (Å²) in [5.41, 5.74) is 4.43. The van der Waals surface area contributed by atoms with Crippen molar-refractivity contribution >= 4 is 11.6 Å². The Morgan fingerprint density at radius 1 is 0.731 bits per heavy atom. The average Bonchev–Trinajstić information content (AvgIpc) is 2.68. The van der Waals surface area contributed by atoms with E-state index < -0.39 is 0 Å². The van der Waals surface area contributed by atoms with Crippen LogP contribution in [0.1, 0.15) is 48.8 Å². The number of hydrogen-bond acceptors (Lipinski definition) is 1. The Labute approximate surface area is 155 Å². The lowest BCUT2D eigenvalue weighted by Crippen LogP contribution is -2.16. The first-order chi connectivity index (χ1) is 12.6. The van der Waals surface area contributed by atoms with Crippen LogP contribution in [0.15, 0.2) is 84.9 Å². The first kappa shape index (κ1) is 17.9. The fourth-order valence-electron chi connectivity index (χ4n) is 3.15. The Balaban J connectivity index is 1.75. The maximum atomic E-state index is 12.7. The topological polar surface area (TPSA) is 29.1 Å². The van der Waals surface area contributed by atoms with Crippen LogP contribution in [0.5, 0.6) is 0 Å². The maximum absolute atomic E-state index is 12.7. The molecule has 0 bridgehead atoms. The van der Waals surface area contributed by atoms with Gasteiger partial charge in [0, 0.05) is 18.0 Å². The number of amides is 1. The van der Waals surface area contributed by atoms with Crippen LogP contribution < -0.4 is 5.32 Å². The molecule has 0 saturated heterocycles. The second kappa shape index (κ2) is 8.48. The van der Waals surface area contributed by atoms with E-state index in [4.69, 9.17) is 0 Å². The predicted molar refractivity (Wildman–Crippen MR) is 109 cm³/mol. The Morgan fingerprint density at radius 3 is 1.69 bits per heavy atom. The monoisotopic (exact) mass is 343 g/mol. The second-order valence-corrected chi connectivity index (χ2v) is 6.90. The van der Waals surface area contributed by atoms with E-state index in [1.165, 1.54) is 5.56 Å². The van der Waals surface area contributed by atoms with Gasteiger partial charge in [0.1, 0.15) is 0 Å². The van der Waals surface area contributed by atoms with Crippen molar-refractivity contribution in [1.29, 1.82) is 0 Å². The lowest BCUT2D eigenvalue weighted by Gasteiger charge is -2.18. The third-order valence-corrected chi connectivity index (χ3v) is 4.65. The number of anilines is 1. The van der Waals surface area contributed by atoms with Crippen molar-refractivity contribution in [3.63, 3.8) is 0 Å². The Morgan fingerprint density at radius 2 is 1.23 bits per heavy atom. The standard InChI is InChI=1S/C24H25NO/c1-18(2)19-13-15-22(16-14-19)25-24(26)17-23(20-9-5-3-6-10-20)21-11-7-4-8-12-21/h3-16,18,23H,17H2,1-2H3,(H,25,26). The zero-order chi connectivity index (χ0) is 18.4. The molecule has 0 aromatic heterocycles. The number of hydrogen-bond donors (Lipinski definition) is 1. The highest BCUT2D eigenvalue weighted by molar-refractivity contribution is 5.91. The predicted octanol–water partition coefficient (Wildman–Crippen LogP) is 5.97. The van der Waals surface area contributed by atoms with Crippen LogP contribution in [0.3, 0.4) is 0 Å². The van der Waals surface area contributed by atoms with Gasteiger partial charge in [0.2, 0.25) is 5.91 Å². The van der Waals surface area contributed by atoms with Gasteiger partial charge >= 0.3 is 0 Å². The van der Waals surface area contributed by atoms with Gasteiger partial charge in [-0.3, -0.25) is 4.79 Å². The molecule has 0 heterocycles. The zero-order valence-electron chi connectivity index (χ0n) is 15.4. The largest absolute Gasteiger partial charge is 0.326 e. The first-order valence-electron chi connectivity index (χ1n) is 9.13. The highest BCUT2D eigenvalue weighted by Crippen LogP contribution is 2.28. The van der Waals surface area contributed by atoms with Crippen molar-refractivity contribution in [3.8, 4) is 0 Å². The Kier molecular flexibility index (Phi) is 5.85. The fraction of sp³-hybridized carbons (Fsp3) is 0.208. The van der Waals surface area contributed by atoms with Crippen molar-refractivity contribution in [2.24, 2.45) is 0 Å². The lowest BCUT2D eigenvalue weighted by atomic mass is 9.88. The van der Waals surface area contributed by atoms with Gasteiger partial charge < -0.3 is 5.32 Å². The highest BCUT2D eigenvalue weighted by atomic mass is 16.1. The average molecular weight is 343 g/mol. The van der Waals surface area contributed by atoms with Gasteiger partial charge in [0.05, 0.1) is 0 Å². The maximum Gasteiger partial charge on any atom is 0.225 e. The van der Waals surface area contributed by atoms with E-state index >= 15 is 0 Å². The van der Waals surface area contributed by atoms with E-state index in [1.54, 1.807) is 0 Å². The van der Waals surface area contributed by atoms with E-state index in [0.29, 0.717) is 12.3 Å². The Bertz CT molecular complexity index is 784. The molecule has 3 rings (SSSR count). The number of carbonyl (C=O) groups excluding carboxylic acids is 1. The van der Waals surface area contributed by atoms with Crippen LogP contribution in [0, 0.1) is 0 Å². The molecular weight excluding hydrogens is 318 g/mol. The van der Waals surface area contributed by atoms with E-state index in [2.05, 4.69) is 55.6 Å². The molecule has 1 N–H and O–H groups in total. The van der Waals surface area contributed by atoms with E-state index in [0.717, 1.165) is 16.8 Å². The molecule has 0 radical (unpaired) electrons. The third-order valence-electron chi connectivity index (χ3n) is 4.65. The summed E-state index contributed by atoms with van der Waals surface area (Å²) < 4.78 is 0. The number of benzene rings is 3. The van der Waals surface area contributed by atoms with Gasteiger partial charge in [-0.05, 0) is 34.7 Å². The fourth-order valence-corrected chi connectivity index (χ4v) is 3.15. The quantitative estimate of drug-likeness (QED) is 0.587. The minimum atomic E-state index is 0.0278. The molecule has 3 aromatic carbocycles. The number of carbonyl (C=O) groups is 1. The summed E-state index contributed by atoms with van der Waals surface area (Å²) in [6.07, 6.45) is 0.417. The van der Waals surface area contributed by atoms with Gasteiger partial charge in [0.25, 0.3) is 0 Å². The molecule has 3 aromatic rings. The summed E-state index contributed by atoms with van der Waals surface area (Å²) in [5, 5.41) is 3.04. The summed E-state index contributed by atoms with van der Waals surface area (Å²) in [6.45, 7) is 4.33. The van der Waals surface area contributed by atoms with Gasteiger partial charge in [-0.2, -0.15) is 0 Å². The molecule has 132 valence electrons. The molecule has 2 nitrogen and oxygen atoms in total. The van der Waals surface area contributed by atoms with E-state index in [-0.39, 0.29) is 11.8 Å². The molecule has 0 fully saturated rings. The number of rotatable bonds is 6. The molecule has 0 aliphatic carbocycles. The molecular formula is C24H25NO. The van der Waals surface area contributed by atoms with Gasteiger partial charge in [-0.15, -0.1) is 0 Å². The van der Waals surface area contributed by atoms with Crippen molar-refractivity contribution in [2.75, 3.05) is 5.32 Å². The minimum Gasteiger partial charge on any atom is -0.326 e. The SMILES string of the molecule is CC(C)c1ccc(NC(=O)CC(c2ccccc2)c2ccccc2)cc1. The van der Waals surface area contributed by atoms with Gasteiger partial charge in [-0.25, -0.2) is 0 Å². The first-order valence-corrected chi connectivity index (χ1v) is 9.13. The molecule has 0 aliphatic heterocycles. The van der Waals surface area contributed by atoms with Crippen LogP contribution in [0.25, 0.3) is 0 Å². The van der Waals surface area contributed by atoms with Crippen molar-refractivity contribution in [3.05, 3.63) is 102 Å². The molecule has 0 spiro atoms. The smallest absolute Gasteiger partial charge is 0.225 e. The molecule has 0 atom stereocenters. The molecule has 0 saturated carbocycles. The molecule has 0 unspecified atom stereocenters. The third kappa shape index (κ3) is 4.60. The summed E-state index contributed by atoms with van der Waals surface area (Å²) in [4.78, 5) is 12.7. The van der Waals surface area contributed by atoms with Crippen LogP contribution in [0.4, 0.5) is 5.69 Å². The van der Waals surface area contributed by atoms with Crippen LogP contribution in [-0.2, 0) is 4.79 Å². The molecule has 0 aliphatic rings. The van der Waals surface area contributed by atoms with E-state index in [1.807, 2.05) is 48.5 Å². The van der Waals surface area contributed by atoms with Gasteiger partial charge in [-0.1, -0.05) is 86.6 Å². The molecule has 26 heavy (non-hydrogen) atoms. The molecule has 2 heteroatoms. The summed E-state index contributed by atoms with van der Waals surface area (Å²) in [6, 6.07) is 28.5. The summed E-state index contributed by atoms with van der Waals surface area (Å²) >= 11 is 0. The van der Waals surface area contributed by atoms with Crippen LogP contribution >= 0.6 is 0 Å². The normalized spacial score (nSPS) is 10.9. The molecule has 1 amide bonds. The second-order valence-electron chi connectivity index (χ2n) is 6.90. The van der Waals surface area contributed by atoms with Crippen molar-refractivity contribution in [1.82, 2.24) is 0 Å². The lowest BCUT2D eigenvalue weighted by molar-refractivity contribution is -0.116. The minimum absolute atomic E-state index is 0.0278. The number of nitrogens with one attached hydrogen (secondary N) is 1. The van der Waals surface area contributed by atoms with Crippen molar-refractivity contribution in [2.45, 2.75) is 32.1 Å². The Hall–Kier alpha value is -2.87. The summed E-state index contributed by atoms with van der Waals surface area (Å²) in [7, 11) is 0. The van der Waals surface area contributed by atoms with Crippen LogP contribution in [-0.4, -0.2) is 5.91 Å². The van der Waals surface area contributed by atoms with Gasteiger partial charge in [0.15, 0.2) is 0 Å².